The minimum Gasteiger partial charge on any atom is -0.406 e. The quantitative estimate of drug-likeness (QED) is 0.867. The lowest BCUT2D eigenvalue weighted by molar-refractivity contribution is -0.274. The van der Waals surface area contributed by atoms with Gasteiger partial charge in [0.25, 0.3) is 0 Å². The van der Waals surface area contributed by atoms with E-state index in [4.69, 9.17) is 0 Å². The number of piperidine rings is 1. The Morgan fingerprint density at radius 1 is 1.35 bits per heavy atom. The smallest absolute Gasteiger partial charge is 0.406 e. The third kappa shape index (κ3) is 3.50. The molecule has 1 aromatic carbocycles. The molecule has 0 radical (unpaired) electrons. The van der Waals surface area contributed by atoms with Gasteiger partial charge in [0.1, 0.15) is 5.75 Å². The van der Waals surface area contributed by atoms with E-state index < -0.39 is 11.9 Å². The van der Waals surface area contributed by atoms with Crippen LogP contribution in [0.2, 0.25) is 0 Å². The second-order valence-corrected chi connectivity index (χ2v) is 5.12. The predicted octanol–water partition coefficient (Wildman–Crippen LogP) is 3.30. The molecule has 2 rings (SSSR count). The number of nitrogens with one attached hydrogen (secondary N) is 1. The van der Waals surface area contributed by atoms with E-state index in [1.165, 1.54) is 18.2 Å². The van der Waals surface area contributed by atoms with Crippen LogP contribution in [0.1, 0.15) is 36.5 Å². The molecule has 0 aliphatic carbocycles. The minimum atomic E-state index is -4.76. The van der Waals surface area contributed by atoms with Crippen LogP contribution in [-0.2, 0) is 0 Å². The van der Waals surface area contributed by atoms with Crippen molar-refractivity contribution < 1.29 is 22.7 Å². The Balaban J connectivity index is 2.20. The molecule has 0 bridgehead atoms. The van der Waals surface area contributed by atoms with E-state index >= 15 is 0 Å². The van der Waals surface area contributed by atoms with Crippen molar-refractivity contribution in [1.29, 1.82) is 0 Å². The first-order valence-corrected chi connectivity index (χ1v) is 6.46. The van der Waals surface area contributed by atoms with Crippen LogP contribution >= 0.6 is 0 Å². The van der Waals surface area contributed by atoms with Crippen LogP contribution in [0.4, 0.5) is 13.2 Å². The summed E-state index contributed by atoms with van der Waals surface area (Å²) in [5.74, 6) is -0.576. The zero-order valence-electron chi connectivity index (χ0n) is 11.1. The molecule has 110 valence electrons. The van der Waals surface area contributed by atoms with E-state index in [9.17, 15) is 18.0 Å². The van der Waals surface area contributed by atoms with Crippen molar-refractivity contribution in [3.05, 3.63) is 29.8 Å². The molecule has 1 heterocycles. The zero-order chi connectivity index (χ0) is 14.8. The van der Waals surface area contributed by atoms with Crippen molar-refractivity contribution in [2.75, 3.05) is 6.54 Å². The largest absolute Gasteiger partial charge is 0.573 e. The first-order chi connectivity index (χ1) is 9.30. The average Bonchev–Trinajstić information content (AvgIpc) is 2.37. The molecule has 1 aliphatic rings. The number of hydrogen-bond donors (Lipinski definition) is 1. The highest BCUT2D eigenvalue weighted by molar-refractivity contribution is 6.03. The van der Waals surface area contributed by atoms with Crippen LogP contribution in [-0.4, -0.2) is 24.2 Å². The second kappa shape index (κ2) is 5.44. The molecule has 1 aliphatic heterocycles. The molecule has 0 spiro atoms. The van der Waals surface area contributed by atoms with Crippen molar-refractivity contribution in [2.24, 2.45) is 0 Å². The Hall–Kier alpha value is -1.56. The normalized spacial score (nSPS) is 23.4. The average molecular weight is 287 g/mol. The van der Waals surface area contributed by atoms with Crippen molar-refractivity contribution >= 4 is 5.78 Å². The summed E-state index contributed by atoms with van der Waals surface area (Å²) in [6.07, 6.45) is -2.15. The monoisotopic (exact) mass is 287 g/mol. The number of hydrogen-bond acceptors (Lipinski definition) is 3. The summed E-state index contributed by atoms with van der Waals surface area (Å²) in [6, 6.07) is 5.21. The Kier molecular flexibility index (Phi) is 4.04. The fourth-order valence-electron chi connectivity index (χ4n) is 2.40. The van der Waals surface area contributed by atoms with Crippen LogP contribution in [0.15, 0.2) is 24.3 Å². The number of alkyl halides is 3. The molecule has 1 fully saturated rings. The molecular formula is C14H16F3NO2. The standard InChI is InChI=1S/C14H16F3NO2/c1-13(7-2-3-8-18-13)12(19)10-5-4-6-11(9-10)20-14(15,16)17/h4-6,9,18H,2-3,7-8H2,1H3. The lowest BCUT2D eigenvalue weighted by Gasteiger charge is -2.33. The van der Waals surface area contributed by atoms with Crippen molar-refractivity contribution in [3.63, 3.8) is 0 Å². The number of benzene rings is 1. The summed E-state index contributed by atoms with van der Waals surface area (Å²) in [4.78, 5) is 12.4. The number of Topliss-reactive ketones (excluding diaryl/α,β-unsaturated/α-hetero) is 1. The molecule has 0 saturated carbocycles. The van der Waals surface area contributed by atoms with E-state index in [0.717, 1.165) is 25.5 Å². The predicted molar refractivity (Wildman–Crippen MR) is 67.7 cm³/mol. The van der Waals surface area contributed by atoms with Crippen LogP contribution in [0.25, 0.3) is 0 Å². The second-order valence-electron chi connectivity index (χ2n) is 5.12. The van der Waals surface area contributed by atoms with Gasteiger partial charge in [-0.1, -0.05) is 12.1 Å². The van der Waals surface area contributed by atoms with E-state index in [0.29, 0.717) is 6.42 Å². The lowest BCUT2D eigenvalue weighted by Crippen LogP contribution is -2.52. The maximum absolute atomic E-state index is 12.4. The highest BCUT2D eigenvalue weighted by Gasteiger charge is 2.35. The number of halogens is 3. The summed E-state index contributed by atoms with van der Waals surface area (Å²) < 4.78 is 40.4. The Bertz CT molecular complexity index is 493. The van der Waals surface area contributed by atoms with Crippen molar-refractivity contribution in [3.8, 4) is 5.75 Å². The molecular weight excluding hydrogens is 271 g/mol. The summed E-state index contributed by atoms with van der Waals surface area (Å²) in [6.45, 7) is 2.52. The van der Waals surface area contributed by atoms with Gasteiger partial charge in [-0.25, -0.2) is 0 Å². The van der Waals surface area contributed by atoms with Gasteiger partial charge in [0.05, 0.1) is 5.54 Å². The summed E-state index contributed by atoms with van der Waals surface area (Å²) in [7, 11) is 0. The molecule has 0 aromatic heterocycles. The maximum Gasteiger partial charge on any atom is 0.573 e. The highest BCUT2D eigenvalue weighted by Crippen LogP contribution is 2.27. The van der Waals surface area contributed by atoms with Crippen LogP contribution < -0.4 is 10.1 Å². The van der Waals surface area contributed by atoms with Gasteiger partial charge in [-0.3, -0.25) is 4.79 Å². The topological polar surface area (TPSA) is 38.3 Å². The van der Waals surface area contributed by atoms with E-state index in [1.807, 2.05) is 0 Å². The molecule has 1 N–H and O–H groups in total. The summed E-state index contributed by atoms with van der Waals surface area (Å²) in [5.41, 5.74) is -0.488. The minimum absolute atomic E-state index is 0.204. The molecule has 0 amide bonds. The van der Waals surface area contributed by atoms with Gasteiger partial charge in [0, 0.05) is 5.56 Å². The number of carbonyl (C=O) groups excluding carboxylic acids is 1. The SMILES string of the molecule is CC1(C(=O)c2cccc(OC(F)(F)F)c2)CCCCN1. The van der Waals surface area contributed by atoms with Gasteiger partial charge >= 0.3 is 6.36 Å². The molecule has 3 nitrogen and oxygen atoms in total. The van der Waals surface area contributed by atoms with E-state index in [2.05, 4.69) is 10.1 Å². The fourth-order valence-corrected chi connectivity index (χ4v) is 2.40. The van der Waals surface area contributed by atoms with Crippen LogP contribution in [0.5, 0.6) is 5.75 Å². The summed E-state index contributed by atoms with van der Waals surface area (Å²) in [5, 5.41) is 3.15. The molecule has 20 heavy (non-hydrogen) atoms. The fraction of sp³-hybridized carbons (Fsp3) is 0.500. The van der Waals surface area contributed by atoms with Gasteiger partial charge in [-0.15, -0.1) is 13.2 Å². The van der Waals surface area contributed by atoms with Gasteiger partial charge in [0.15, 0.2) is 5.78 Å². The van der Waals surface area contributed by atoms with Gasteiger partial charge in [-0.05, 0) is 44.9 Å². The summed E-state index contributed by atoms with van der Waals surface area (Å²) >= 11 is 0. The highest BCUT2D eigenvalue weighted by atomic mass is 19.4. The lowest BCUT2D eigenvalue weighted by atomic mass is 9.84. The van der Waals surface area contributed by atoms with E-state index in [-0.39, 0.29) is 17.1 Å². The van der Waals surface area contributed by atoms with Crippen molar-refractivity contribution in [1.82, 2.24) is 5.32 Å². The van der Waals surface area contributed by atoms with Gasteiger partial charge in [0.2, 0.25) is 0 Å². The third-order valence-electron chi connectivity index (χ3n) is 3.45. The Morgan fingerprint density at radius 3 is 2.70 bits per heavy atom. The van der Waals surface area contributed by atoms with Crippen LogP contribution in [0.3, 0.4) is 0 Å². The van der Waals surface area contributed by atoms with Crippen LogP contribution in [0, 0.1) is 0 Å². The Labute approximate surface area is 115 Å². The molecule has 1 aromatic rings. The third-order valence-corrected chi connectivity index (χ3v) is 3.45. The molecule has 1 atom stereocenters. The van der Waals surface area contributed by atoms with Crippen molar-refractivity contribution in [2.45, 2.75) is 38.1 Å². The van der Waals surface area contributed by atoms with Gasteiger partial charge in [-0.2, -0.15) is 0 Å². The number of rotatable bonds is 3. The molecule has 1 saturated heterocycles. The zero-order valence-corrected chi connectivity index (χ0v) is 11.1. The maximum atomic E-state index is 12.4. The first kappa shape index (κ1) is 14.8. The van der Waals surface area contributed by atoms with Gasteiger partial charge < -0.3 is 10.1 Å². The number of ketones is 1. The van der Waals surface area contributed by atoms with E-state index in [1.54, 1.807) is 6.92 Å². The Morgan fingerprint density at radius 2 is 2.10 bits per heavy atom. The number of ether oxygens (including phenoxy) is 1. The number of carbonyl (C=O) groups is 1. The molecule has 6 heteroatoms. The first-order valence-electron chi connectivity index (χ1n) is 6.46. The molecule has 1 unspecified atom stereocenters.